The van der Waals surface area contributed by atoms with E-state index < -0.39 is 15.9 Å². The summed E-state index contributed by atoms with van der Waals surface area (Å²) in [7, 11) is -2.00. The molecule has 8 heteroatoms. The Morgan fingerprint density at radius 2 is 1.85 bits per heavy atom. The second kappa shape index (κ2) is 7.51. The van der Waals surface area contributed by atoms with E-state index in [9.17, 15) is 13.2 Å². The van der Waals surface area contributed by atoms with Crippen LogP contribution in [0.25, 0.3) is 0 Å². The lowest BCUT2D eigenvalue weighted by atomic mass is 10.2. The van der Waals surface area contributed by atoms with Gasteiger partial charge in [0.25, 0.3) is 5.91 Å². The smallest absolute Gasteiger partial charge is 0.256 e. The van der Waals surface area contributed by atoms with Crippen molar-refractivity contribution in [2.75, 3.05) is 5.32 Å². The van der Waals surface area contributed by atoms with Crippen molar-refractivity contribution in [2.45, 2.75) is 11.4 Å². The number of hydrogen-bond donors (Lipinski definition) is 2. The average Bonchev–Trinajstić information content (AvgIpc) is 3.06. The Balaban J connectivity index is 1.74. The molecule has 3 rings (SSSR count). The summed E-state index contributed by atoms with van der Waals surface area (Å²) in [6.07, 6.45) is 1.70. The SMILES string of the molecule is Cn1ccc(NC(=O)c2cccc(S(=O)(=O)NCc3ccccc3)c2)n1. The van der Waals surface area contributed by atoms with Gasteiger partial charge in [0.1, 0.15) is 0 Å². The lowest BCUT2D eigenvalue weighted by Crippen LogP contribution is -2.23. The van der Waals surface area contributed by atoms with Crippen molar-refractivity contribution in [1.29, 1.82) is 0 Å². The van der Waals surface area contributed by atoms with Crippen molar-refractivity contribution in [3.05, 3.63) is 78.0 Å². The van der Waals surface area contributed by atoms with E-state index in [1.807, 2.05) is 30.3 Å². The first kappa shape index (κ1) is 17.8. The Bertz CT molecular complexity index is 1010. The molecule has 0 aliphatic rings. The van der Waals surface area contributed by atoms with E-state index in [1.165, 1.54) is 18.2 Å². The first-order chi connectivity index (χ1) is 12.4. The van der Waals surface area contributed by atoms with E-state index in [1.54, 1.807) is 30.1 Å². The molecule has 0 saturated carbocycles. The van der Waals surface area contributed by atoms with Gasteiger partial charge in [-0.1, -0.05) is 36.4 Å². The van der Waals surface area contributed by atoms with Crippen molar-refractivity contribution in [1.82, 2.24) is 14.5 Å². The number of rotatable bonds is 6. The third-order valence-electron chi connectivity index (χ3n) is 3.67. The number of aromatic nitrogens is 2. The molecule has 1 aromatic heterocycles. The Kier molecular flexibility index (Phi) is 5.15. The molecule has 0 radical (unpaired) electrons. The minimum absolute atomic E-state index is 0.0297. The number of amides is 1. The van der Waals surface area contributed by atoms with Crippen LogP contribution in [0, 0.1) is 0 Å². The molecule has 0 aliphatic heterocycles. The zero-order valence-electron chi connectivity index (χ0n) is 14.1. The summed E-state index contributed by atoms with van der Waals surface area (Å²) in [4.78, 5) is 12.3. The lowest BCUT2D eigenvalue weighted by Gasteiger charge is -2.08. The van der Waals surface area contributed by atoms with Gasteiger partial charge >= 0.3 is 0 Å². The number of anilines is 1. The van der Waals surface area contributed by atoms with Gasteiger partial charge < -0.3 is 5.32 Å². The third kappa shape index (κ3) is 4.35. The average molecular weight is 370 g/mol. The van der Waals surface area contributed by atoms with Crippen LogP contribution < -0.4 is 10.0 Å². The predicted molar refractivity (Wildman–Crippen MR) is 98.1 cm³/mol. The van der Waals surface area contributed by atoms with Crippen LogP contribution in [0.5, 0.6) is 0 Å². The van der Waals surface area contributed by atoms with Crippen molar-refractivity contribution < 1.29 is 13.2 Å². The van der Waals surface area contributed by atoms with E-state index in [4.69, 9.17) is 0 Å². The summed E-state index contributed by atoms with van der Waals surface area (Å²) < 4.78 is 29.1. The maximum absolute atomic E-state index is 12.5. The molecular weight excluding hydrogens is 352 g/mol. The summed E-state index contributed by atoms with van der Waals surface area (Å²) in [5.41, 5.74) is 1.08. The maximum atomic E-state index is 12.5. The van der Waals surface area contributed by atoms with E-state index >= 15 is 0 Å². The van der Waals surface area contributed by atoms with Crippen LogP contribution in [0.3, 0.4) is 0 Å². The van der Waals surface area contributed by atoms with E-state index in [2.05, 4.69) is 15.1 Å². The van der Waals surface area contributed by atoms with Crippen molar-refractivity contribution in [3.63, 3.8) is 0 Å². The zero-order valence-corrected chi connectivity index (χ0v) is 14.9. The molecule has 0 fully saturated rings. The topological polar surface area (TPSA) is 93.1 Å². The van der Waals surface area contributed by atoms with E-state index in [-0.39, 0.29) is 17.0 Å². The van der Waals surface area contributed by atoms with Gasteiger partial charge in [0.2, 0.25) is 10.0 Å². The van der Waals surface area contributed by atoms with Gasteiger partial charge in [-0.3, -0.25) is 9.48 Å². The minimum atomic E-state index is -3.73. The largest absolute Gasteiger partial charge is 0.305 e. The molecule has 2 N–H and O–H groups in total. The second-order valence-corrected chi connectivity index (χ2v) is 7.43. The number of carbonyl (C=O) groups is 1. The number of sulfonamides is 1. The minimum Gasteiger partial charge on any atom is -0.305 e. The van der Waals surface area contributed by atoms with Crippen LogP contribution >= 0.6 is 0 Å². The predicted octanol–water partition coefficient (Wildman–Crippen LogP) is 2.15. The molecule has 1 heterocycles. The molecule has 0 spiro atoms. The van der Waals surface area contributed by atoms with Gasteiger partial charge in [0.05, 0.1) is 4.90 Å². The maximum Gasteiger partial charge on any atom is 0.256 e. The molecule has 26 heavy (non-hydrogen) atoms. The lowest BCUT2D eigenvalue weighted by molar-refractivity contribution is 0.102. The van der Waals surface area contributed by atoms with Crippen LogP contribution in [0.4, 0.5) is 5.82 Å². The molecule has 1 amide bonds. The van der Waals surface area contributed by atoms with Crippen LogP contribution in [0.1, 0.15) is 15.9 Å². The van der Waals surface area contributed by atoms with Gasteiger partial charge in [0, 0.05) is 31.4 Å². The normalized spacial score (nSPS) is 11.3. The monoisotopic (exact) mass is 370 g/mol. The van der Waals surface area contributed by atoms with Gasteiger partial charge in [0.15, 0.2) is 5.82 Å². The highest BCUT2D eigenvalue weighted by Crippen LogP contribution is 2.14. The number of aryl methyl sites for hydroxylation is 1. The van der Waals surface area contributed by atoms with Crippen LogP contribution in [0.15, 0.2) is 71.8 Å². The Morgan fingerprint density at radius 3 is 2.54 bits per heavy atom. The summed E-state index contributed by atoms with van der Waals surface area (Å²) in [5, 5.41) is 6.69. The highest BCUT2D eigenvalue weighted by Gasteiger charge is 2.16. The Labute approximate surface area is 151 Å². The molecule has 0 unspecified atom stereocenters. The number of benzene rings is 2. The number of nitrogens with one attached hydrogen (secondary N) is 2. The molecule has 0 aliphatic carbocycles. The Hall–Kier alpha value is -2.97. The first-order valence-electron chi connectivity index (χ1n) is 7.89. The number of nitrogens with zero attached hydrogens (tertiary/aromatic N) is 2. The van der Waals surface area contributed by atoms with Crippen LogP contribution in [-0.2, 0) is 23.6 Å². The van der Waals surface area contributed by atoms with Crippen LogP contribution in [0.2, 0.25) is 0 Å². The van der Waals surface area contributed by atoms with Crippen molar-refractivity contribution in [3.8, 4) is 0 Å². The van der Waals surface area contributed by atoms with E-state index in [0.29, 0.717) is 5.82 Å². The molecule has 7 nitrogen and oxygen atoms in total. The standard InChI is InChI=1S/C18H18N4O3S/c1-22-11-10-17(21-22)20-18(23)15-8-5-9-16(12-15)26(24,25)19-13-14-6-3-2-4-7-14/h2-12,19H,13H2,1H3,(H,20,21,23). The summed E-state index contributed by atoms with van der Waals surface area (Å²) in [6, 6.07) is 16.7. The molecule has 0 atom stereocenters. The van der Waals surface area contributed by atoms with Gasteiger partial charge in [-0.05, 0) is 23.8 Å². The first-order valence-corrected chi connectivity index (χ1v) is 9.37. The van der Waals surface area contributed by atoms with Crippen molar-refractivity contribution in [2.24, 2.45) is 7.05 Å². The number of carbonyl (C=O) groups excluding carboxylic acids is 1. The fourth-order valence-corrected chi connectivity index (χ4v) is 3.40. The molecule has 2 aromatic carbocycles. The Morgan fingerprint density at radius 1 is 1.08 bits per heavy atom. The molecule has 134 valence electrons. The molecule has 3 aromatic rings. The van der Waals surface area contributed by atoms with Crippen LogP contribution in [-0.4, -0.2) is 24.1 Å². The summed E-state index contributed by atoms with van der Waals surface area (Å²) in [5.74, 6) is -0.0308. The molecule has 0 saturated heterocycles. The summed E-state index contributed by atoms with van der Waals surface area (Å²) in [6.45, 7) is 0.174. The number of hydrogen-bond acceptors (Lipinski definition) is 4. The third-order valence-corrected chi connectivity index (χ3v) is 5.07. The zero-order chi connectivity index (χ0) is 18.6. The highest BCUT2D eigenvalue weighted by atomic mass is 32.2. The molecule has 0 bridgehead atoms. The van der Waals surface area contributed by atoms with Gasteiger partial charge in [-0.2, -0.15) is 5.10 Å². The highest BCUT2D eigenvalue weighted by molar-refractivity contribution is 7.89. The quantitative estimate of drug-likeness (QED) is 0.695. The van der Waals surface area contributed by atoms with E-state index in [0.717, 1.165) is 5.56 Å². The van der Waals surface area contributed by atoms with Crippen molar-refractivity contribution >= 4 is 21.7 Å². The van der Waals surface area contributed by atoms with Gasteiger partial charge in [-0.15, -0.1) is 0 Å². The fourth-order valence-electron chi connectivity index (χ4n) is 2.33. The second-order valence-electron chi connectivity index (χ2n) is 5.67. The fraction of sp³-hybridized carbons (Fsp3) is 0.111. The molecular formula is C18H18N4O3S. The summed E-state index contributed by atoms with van der Waals surface area (Å²) >= 11 is 0. The van der Waals surface area contributed by atoms with Gasteiger partial charge in [-0.25, -0.2) is 13.1 Å².